The molecule has 1 aliphatic rings. The van der Waals surface area contributed by atoms with E-state index in [0.29, 0.717) is 18.2 Å². The van der Waals surface area contributed by atoms with Crippen molar-refractivity contribution in [2.75, 3.05) is 13.7 Å². The SMILES string of the molecule is COc1ccc(COc2c(F)cc(C(=O)NC[C@H]3CC[C@H](C)CC3)cc2F)cc1. The second-order valence-corrected chi connectivity index (χ2v) is 7.74. The van der Waals surface area contributed by atoms with Crippen LogP contribution in [0.5, 0.6) is 11.5 Å². The predicted octanol–water partition coefficient (Wildman–Crippen LogP) is 5.11. The first-order chi connectivity index (χ1) is 14.0. The Bertz CT molecular complexity index is 808. The molecule has 3 rings (SSSR count). The topological polar surface area (TPSA) is 47.6 Å². The monoisotopic (exact) mass is 403 g/mol. The first-order valence-electron chi connectivity index (χ1n) is 9.99. The average Bonchev–Trinajstić information content (AvgIpc) is 2.72. The molecule has 0 bridgehead atoms. The summed E-state index contributed by atoms with van der Waals surface area (Å²) in [7, 11) is 1.56. The number of methoxy groups -OCH3 is 1. The minimum Gasteiger partial charge on any atom is -0.497 e. The molecule has 0 radical (unpaired) electrons. The van der Waals surface area contributed by atoms with Crippen LogP contribution in [-0.4, -0.2) is 19.6 Å². The molecule has 2 aromatic rings. The van der Waals surface area contributed by atoms with Crippen molar-refractivity contribution in [1.29, 1.82) is 0 Å². The largest absolute Gasteiger partial charge is 0.497 e. The van der Waals surface area contributed by atoms with Gasteiger partial charge in [-0.25, -0.2) is 8.78 Å². The summed E-state index contributed by atoms with van der Waals surface area (Å²) in [6.45, 7) is 2.77. The molecule has 1 fully saturated rings. The quantitative estimate of drug-likeness (QED) is 0.699. The van der Waals surface area contributed by atoms with Gasteiger partial charge in [-0.15, -0.1) is 0 Å². The van der Waals surface area contributed by atoms with E-state index < -0.39 is 23.3 Å². The van der Waals surface area contributed by atoms with Crippen molar-refractivity contribution in [3.05, 3.63) is 59.2 Å². The Morgan fingerprint density at radius 2 is 1.69 bits per heavy atom. The molecule has 0 spiro atoms. The van der Waals surface area contributed by atoms with Crippen LogP contribution in [0, 0.1) is 23.5 Å². The van der Waals surface area contributed by atoms with Crippen molar-refractivity contribution in [3.63, 3.8) is 0 Å². The smallest absolute Gasteiger partial charge is 0.251 e. The third-order valence-electron chi connectivity index (χ3n) is 5.49. The highest BCUT2D eigenvalue weighted by atomic mass is 19.1. The lowest BCUT2D eigenvalue weighted by atomic mass is 9.83. The highest BCUT2D eigenvalue weighted by molar-refractivity contribution is 5.94. The minimum atomic E-state index is -0.893. The third kappa shape index (κ3) is 5.68. The lowest BCUT2D eigenvalue weighted by Crippen LogP contribution is -2.31. The van der Waals surface area contributed by atoms with Gasteiger partial charge in [-0.3, -0.25) is 4.79 Å². The summed E-state index contributed by atoms with van der Waals surface area (Å²) in [5.74, 6) is -0.899. The average molecular weight is 403 g/mol. The number of nitrogens with one attached hydrogen (secondary N) is 1. The molecular formula is C23H27F2NO3. The van der Waals surface area contributed by atoms with Crippen molar-refractivity contribution in [3.8, 4) is 11.5 Å². The van der Waals surface area contributed by atoms with E-state index in [1.807, 2.05) is 0 Å². The fraction of sp³-hybridized carbons (Fsp3) is 0.435. The van der Waals surface area contributed by atoms with Crippen molar-refractivity contribution in [2.45, 2.75) is 39.2 Å². The molecule has 156 valence electrons. The lowest BCUT2D eigenvalue weighted by Gasteiger charge is -2.26. The summed E-state index contributed by atoms with van der Waals surface area (Å²) >= 11 is 0. The molecule has 6 heteroatoms. The summed E-state index contributed by atoms with van der Waals surface area (Å²) in [5.41, 5.74) is 0.703. The molecule has 0 heterocycles. The number of carbonyl (C=O) groups is 1. The zero-order valence-corrected chi connectivity index (χ0v) is 16.8. The first-order valence-corrected chi connectivity index (χ1v) is 9.99. The summed E-state index contributed by atoms with van der Waals surface area (Å²) in [6.07, 6.45) is 4.46. The molecule has 0 aromatic heterocycles. The van der Waals surface area contributed by atoms with Crippen molar-refractivity contribution in [2.24, 2.45) is 11.8 Å². The van der Waals surface area contributed by atoms with Crippen LogP contribution in [0.4, 0.5) is 8.78 Å². The molecule has 4 nitrogen and oxygen atoms in total. The molecule has 2 aromatic carbocycles. The molecular weight excluding hydrogens is 376 g/mol. The Morgan fingerprint density at radius 1 is 1.07 bits per heavy atom. The molecule has 1 aliphatic carbocycles. The molecule has 0 saturated heterocycles. The number of benzene rings is 2. The van der Waals surface area contributed by atoms with Gasteiger partial charge in [-0.1, -0.05) is 31.9 Å². The van der Waals surface area contributed by atoms with Gasteiger partial charge in [-0.2, -0.15) is 0 Å². The second kappa shape index (κ2) is 9.72. The normalized spacial score (nSPS) is 18.9. The third-order valence-corrected chi connectivity index (χ3v) is 5.49. The molecule has 0 atom stereocenters. The van der Waals surface area contributed by atoms with E-state index in [2.05, 4.69) is 12.2 Å². The lowest BCUT2D eigenvalue weighted by molar-refractivity contribution is 0.0940. The Labute approximate surface area is 170 Å². The number of ether oxygens (including phenoxy) is 2. The van der Waals surface area contributed by atoms with Crippen LogP contribution in [0.15, 0.2) is 36.4 Å². The Hall–Kier alpha value is -2.63. The maximum absolute atomic E-state index is 14.4. The number of hydrogen-bond donors (Lipinski definition) is 1. The molecule has 1 amide bonds. The van der Waals surface area contributed by atoms with Gasteiger partial charge in [0, 0.05) is 12.1 Å². The van der Waals surface area contributed by atoms with E-state index in [9.17, 15) is 13.6 Å². The van der Waals surface area contributed by atoms with E-state index in [4.69, 9.17) is 9.47 Å². The number of carbonyl (C=O) groups excluding carboxylic acids is 1. The number of rotatable bonds is 7. The van der Waals surface area contributed by atoms with Crippen LogP contribution in [-0.2, 0) is 6.61 Å². The highest BCUT2D eigenvalue weighted by Crippen LogP contribution is 2.28. The summed E-state index contributed by atoms with van der Waals surface area (Å²) in [4.78, 5) is 12.3. The predicted molar refractivity (Wildman–Crippen MR) is 107 cm³/mol. The second-order valence-electron chi connectivity index (χ2n) is 7.74. The van der Waals surface area contributed by atoms with Crippen LogP contribution in [0.3, 0.4) is 0 Å². The maximum Gasteiger partial charge on any atom is 0.251 e. The van der Waals surface area contributed by atoms with Crippen molar-refractivity contribution in [1.82, 2.24) is 5.32 Å². The van der Waals surface area contributed by atoms with Gasteiger partial charge < -0.3 is 14.8 Å². The van der Waals surface area contributed by atoms with Crippen LogP contribution in [0.25, 0.3) is 0 Å². The van der Waals surface area contributed by atoms with E-state index in [1.165, 1.54) is 0 Å². The van der Waals surface area contributed by atoms with E-state index in [1.54, 1.807) is 31.4 Å². The van der Waals surface area contributed by atoms with Gasteiger partial charge in [0.05, 0.1) is 7.11 Å². The molecule has 0 unspecified atom stereocenters. The molecule has 1 saturated carbocycles. The number of hydrogen-bond acceptors (Lipinski definition) is 3. The van der Waals surface area contributed by atoms with Gasteiger partial charge in [0.1, 0.15) is 12.4 Å². The van der Waals surface area contributed by atoms with Crippen LogP contribution >= 0.6 is 0 Å². The van der Waals surface area contributed by atoms with E-state index in [-0.39, 0.29) is 12.2 Å². The van der Waals surface area contributed by atoms with Crippen molar-refractivity contribution >= 4 is 5.91 Å². The number of halogens is 2. The Balaban J connectivity index is 1.58. The maximum atomic E-state index is 14.4. The summed E-state index contributed by atoms with van der Waals surface area (Å²) in [6, 6.07) is 9.03. The number of amides is 1. The van der Waals surface area contributed by atoms with Gasteiger partial charge in [0.15, 0.2) is 17.4 Å². The van der Waals surface area contributed by atoms with E-state index in [0.717, 1.165) is 49.3 Å². The van der Waals surface area contributed by atoms with Crippen LogP contribution in [0.1, 0.15) is 48.5 Å². The van der Waals surface area contributed by atoms with Gasteiger partial charge in [0.25, 0.3) is 5.91 Å². The van der Waals surface area contributed by atoms with Crippen LogP contribution < -0.4 is 14.8 Å². The van der Waals surface area contributed by atoms with Crippen molar-refractivity contribution < 1.29 is 23.0 Å². The molecule has 29 heavy (non-hydrogen) atoms. The first kappa shape index (κ1) is 21.1. The highest BCUT2D eigenvalue weighted by Gasteiger charge is 2.20. The minimum absolute atomic E-state index is 0.00345. The standard InChI is InChI=1S/C23H27F2NO3/c1-15-3-5-16(6-4-15)13-26-23(27)18-11-20(24)22(21(25)12-18)29-14-17-7-9-19(28-2)10-8-17/h7-12,15-16H,3-6,13-14H2,1-2H3,(H,26,27)/t15-,16-. The summed E-state index contributed by atoms with van der Waals surface area (Å²) < 4.78 is 39.1. The van der Waals surface area contributed by atoms with Gasteiger partial charge in [0.2, 0.25) is 0 Å². The Morgan fingerprint density at radius 3 is 2.28 bits per heavy atom. The van der Waals surface area contributed by atoms with Crippen LogP contribution in [0.2, 0.25) is 0 Å². The fourth-order valence-electron chi connectivity index (χ4n) is 3.58. The molecule has 0 aliphatic heterocycles. The zero-order chi connectivity index (χ0) is 20.8. The zero-order valence-electron chi connectivity index (χ0n) is 16.8. The molecule has 1 N–H and O–H groups in total. The fourth-order valence-corrected chi connectivity index (χ4v) is 3.58. The Kier molecular flexibility index (Phi) is 7.07. The van der Waals surface area contributed by atoms with Gasteiger partial charge in [-0.05, 0) is 54.5 Å². The van der Waals surface area contributed by atoms with Gasteiger partial charge >= 0.3 is 0 Å². The van der Waals surface area contributed by atoms with E-state index >= 15 is 0 Å². The summed E-state index contributed by atoms with van der Waals surface area (Å²) in [5, 5.41) is 2.80.